The molecule has 2 fully saturated rings. The number of carbonyl (C=O) groups excluding carboxylic acids is 2. The lowest BCUT2D eigenvalue weighted by atomic mass is 9.84. The van der Waals surface area contributed by atoms with Crippen LogP contribution < -0.4 is 0 Å². The standard InChI is InChI=1S/C25H29N3O2S/c29-23(27-13-4-3-9-22(27)19-7-5-12-26-17-19)16-25(10-14-31-15-11-25)28-18-20-6-1-2-8-21(20)24(28)30/h1-2,5-8,12,17,22H,3-4,9-11,13-16,18H2. The molecule has 2 saturated heterocycles. The van der Waals surface area contributed by atoms with Gasteiger partial charge >= 0.3 is 0 Å². The van der Waals surface area contributed by atoms with Crippen LogP contribution in [0.3, 0.4) is 0 Å². The lowest BCUT2D eigenvalue weighted by Gasteiger charge is -2.46. The summed E-state index contributed by atoms with van der Waals surface area (Å²) in [6, 6.07) is 12.0. The number of pyridine rings is 1. The highest BCUT2D eigenvalue weighted by atomic mass is 32.2. The van der Waals surface area contributed by atoms with Gasteiger partial charge in [0.1, 0.15) is 0 Å². The summed E-state index contributed by atoms with van der Waals surface area (Å²) in [5.74, 6) is 2.28. The van der Waals surface area contributed by atoms with Gasteiger partial charge < -0.3 is 9.80 Å². The Morgan fingerprint density at radius 1 is 1.13 bits per heavy atom. The van der Waals surface area contributed by atoms with E-state index in [4.69, 9.17) is 0 Å². The number of benzene rings is 1. The Labute approximate surface area is 188 Å². The van der Waals surface area contributed by atoms with E-state index in [1.54, 1.807) is 6.20 Å². The molecular weight excluding hydrogens is 406 g/mol. The van der Waals surface area contributed by atoms with Crippen LogP contribution in [-0.4, -0.2) is 50.2 Å². The minimum Gasteiger partial charge on any atom is -0.336 e. The highest BCUT2D eigenvalue weighted by molar-refractivity contribution is 7.99. The molecule has 31 heavy (non-hydrogen) atoms. The van der Waals surface area contributed by atoms with E-state index in [-0.39, 0.29) is 23.4 Å². The van der Waals surface area contributed by atoms with Gasteiger partial charge in [0.2, 0.25) is 5.91 Å². The summed E-state index contributed by atoms with van der Waals surface area (Å²) in [4.78, 5) is 35.5. The molecule has 3 aliphatic rings. The maximum atomic E-state index is 13.8. The molecule has 2 amide bonds. The van der Waals surface area contributed by atoms with Gasteiger partial charge in [-0.3, -0.25) is 14.6 Å². The number of hydrogen-bond donors (Lipinski definition) is 0. The maximum absolute atomic E-state index is 13.8. The van der Waals surface area contributed by atoms with Crippen LogP contribution in [0.2, 0.25) is 0 Å². The van der Waals surface area contributed by atoms with Crippen LogP contribution in [0.25, 0.3) is 0 Å². The fourth-order valence-electron chi connectivity index (χ4n) is 5.46. The van der Waals surface area contributed by atoms with Crippen LogP contribution in [-0.2, 0) is 11.3 Å². The van der Waals surface area contributed by atoms with Gasteiger partial charge in [0, 0.05) is 31.0 Å². The van der Waals surface area contributed by atoms with Gasteiger partial charge in [-0.2, -0.15) is 11.8 Å². The van der Waals surface area contributed by atoms with E-state index in [1.807, 2.05) is 53.2 Å². The quantitative estimate of drug-likeness (QED) is 0.712. The molecule has 4 heterocycles. The lowest BCUT2D eigenvalue weighted by molar-refractivity contribution is -0.138. The number of thioether (sulfide) groups is 1. The predicted molar refractivity (Wildman–Crippen MR) is 123 cm³/mol. The molecule has 1 atom stereocenters. The predicted octanol–water partition coefficient (Wildman–Crippen LogP) is 4.45. The number of fused-ring (bicyclic) bond motifs is 1. The number of nitrogens with zero attached hydrogens (tertiary/aromatic N) is 3. The molecule has 5 rings (SSSR count). The second kappa shape index (κ2) is 8.65. The van der Waals surface area contributed by atoms with Crippen molar-refractivity contribution in [3.05, 3.63) is 65.5 Å². The number of piperidine rings is 1. The van der Waals surface area contributed by atoms with Crippen LogP contribution in [0.4, 0.5) is 0 Å². The first kappa shape index (κ1) is 20.6. The smallest absolute Gasteiger partial charge is 0.254 e. The van der Waals surface area contributed by atoms with Crippen molar-refractivity contribution in [2.45, 2.75) is 56.7 Å². The van der Waals surface area contributed by atoms with Gasteiger partial charge in [0.05, 0.1) is 18.0 Å². The number of rotatable bonds is 4. The topological polar surface area (TPSA) is 53.5 Å². The molecule has 0 N–H and O–H groups in total. The molecule has 162 valence electrons. The van der Waals surface area contributed by atoms with Crippen LogP contribution in [0, 0.1) is 0 Å². The monoisotopic (exact) mass is 435 g/mol. The third kappa shape index (κ3) is 3.86. The summed E-state index contributed by atoms with van der Waals surface area (Å²) < 4.78 is 0. The largest absolute Gasteiger partial charge is 0.336 e. The zero-order chi connectivity index (χ0) is 21.3. The van der Waals surface area contributed by atoms with Crippen LogP contribution in [0.1, 0.15) is 66.1 Å². The highest BCUT2D eigenvalue weighted by Gasteiger charge is 2.47. The lowest BCUT2D eigenvalue weighted by Crippen LogP contribution is -2.54. The Morgan fingerprint density at radius 2 is 1.97 bits per heavy atom. The minimum absolute atomic E-state index is 0.0939. The summed E-state index contributed by atoms with van der Waals surface area (Å²) in [7, 11) is 0. The van der Waals surface area contributed by atoms with Crippen molar-refractivity contribution in [1.82, 2.24) is 14.8 Å². The van der Waals surface area contributed by atoms with Gasteiger partial charge in [-0.05, 0) is 66.9 Å². The summed E-state index contributed by atoms with van der Waals surface area (Å²) in [5, 5.41) is 0. The molecule has 5 nitrogen and oxygen atoms in total. The molecule has 0 saturated carbocycles. The SMILES string of the molecule is O=C(CC1(N2Cc3ccccc3C2=O)CCSCC1)N1CCCCC1c1cccnc1. The van der Waals surface area contributed by atoms with Gasteiger partial charge in [-0.25, -0.2) is 0 Å². The van der Waals surface area contributed by atoms with E-state index in [2.05, 4.69) is 16.0 Å². The highest BCUT2D eigenvalue weighted by Crippen LogP contribution is 2.42. The van der Waals surface area contributed by atoms with Crippen molar-refractivity contribution >= 4 is 23.6 Å². The second-order valence-electron chi connectivity index (χ2n) is 8.95. The van der Waals surface area contributed by atoms with Crippen molar-refractivity contribution < 1.29 is 9.59 Å². The third-order valence-corrected chi connectivity index (χ3v) is 8.18. The number of carbonyl (C=O) groups is 2. The normalized spacial score (nSPS) is 23.0. The number of aromatic nitrogens is 1. The first-order valence-electron chi connectivity index (χ1n) is 11.3. The third-order valence-electron chi connectivity index (χ3n) is 7.19. The molecule has 2 aromatic rings. The Bertz CT molecular complexity index is 958. The first-order valence-corrected chi connectivity index (χ1v) is 12.5. The summed E-state index contributed by atoms with van der Waals surface area (Å²) in [5.41, 5.74) is 2.63. The molecule has 1 unspecified atom stereocenters. The Kier molecular flexibility index (Phi) is 5.74. The summed E-state index contributed by atoms with van der Waals surface area (Å²) in [6.45, 7) is 1.41. The summed E-state index contributed by atoms with van der Waals surface area (Å²) in [6.07, 6.45) is 9.01. The maximum Gasteiger partial charge on any atom is 0.254 e. The first-order chi connectivity index (χ1) is 15.2. The molecule has 6 heteroatoms. The van der Waals surface area contributed by atoms with Gasteiger partial charge in [0.15, 0.2) is 0 Å². The van der Waals surface area contributed by atoms with E-state index >= 15 is 0 Å². The zero-order valence-electron chi connectivity index (χ0n) is 17.8. The second-order valence-corrected chi connectivity index (χ2v) is 10.2. The molecular formula is C25H29N3O2S. The van der Waals surface area contributed by atoms with Crippen LogP contribution in [0.5, 0.6) is 0 Å². The van der Waals surface area contributed by atoms with Crippen molar-refractivity contribution in [2.24, 2.45) is 0 Å². The number of likely N-dealkylation sites (tertiary alicyclic amines) is 1. The molecule has 1 aromatic heterocycles. The van der Waals surface area contributed by atoms with Crippen LogP contribution in [0.15, 0.2) is 48.8 Å². The zero-order valence-corrected chi connectivity index (χ0v) is 18.7. The van der Waals surface area contributed by atoms with E-state index in [0.29, 0.717) is 13.0 Å². The van der Waals surface area contributed by atoms with E-state index in [9.17, 15) is 9.59 Å². The van der Waals surface area contributed by atoms with E-state index in [0.717, 1.165) is 66.8 Å². The number of hydrogen-bond acceptors (Lipinski definition) is 4. The minimum atomic E-state index is -0.380. The molecule has 0 radical (unpaired) electrons. The van der Waals surface area contributed by atoms with Crippen molar-refractivity contribution in [3.8, 4) is 0 Å². The fraction of sp³-hybridized carbons (Fsp3) is 0.480. The van der Waals surface area contributed by atoms with Crippen molar-refractivity contribution in [2.75, 3.05) is 18.1 Å². The van der Waals surface area contributed by atoms with Gasteiger partial charge in [-0.1, -0.05) is 24.3 Å². The summed E-state index contributed by atoms with van der Waals surface area (Å²) >= 11 is 1.93. The van der Waals surface area contributed by atoms with Crippen LogP contribution >= 0.6 is 11.8 Å². The van der Waals surface area contributed by atoms with Gasteiger partial charge in [-0.15, -0.1) is 0 Å². The molecule has 0 aliphatic carbocycles. The van der Waals surface area contributed by atoms with Crippen molar-refractivity contribution in [1.29, 1.82) is 0 Å². The van der Waals surface area contributed by atoms with E-state index < -0.39 is 0 Å². The Morgan fingerprint density at radius 3 is 2.74 bits per heavy atom. The Hall–Kier alpha value is -2.34. The average molecular weight is 436 g/mol. The molecule has 1 aromatic carbocycles. The van der Waals surface area contributed by atoms with Crippen molar-refractivity contribution in [3.63, 3.8) is 0 Å². The molecule has 0 spiro atoms. The molecule has 0 bridgehead atoms. The molecule has 3 aliphatic heterocycles. The van der Waals surface area contributed by atoms with E-state index in [1.165, 1.54) is 0 Å². The fourth-order valence-corrected chi connectivity index (χ4v) is 6.72. The number of amides is 2. The average Bonchev–Trinajstić information content (AvgIpc) is 3.17. The van der Waals surface area contributed by atoms with Gasteiger partial charge in [0.25, 0.3) is 5.91 Å². The Balaban J connectivity index is 1.41.